The van der Waals surface area contributed by atoms with Crippen LogP contribution in [-0.2, 0) is 6.42 Å². The molecule has 0 atom stereocenters. The number of nitrogens with zero attached hydrogens (tertiary/aromatic N) is 1. The first-order valence-electron chi connectivity index (χ1n) is 6.46. The fraction of sp³-hybridized carbons (Fsp3) is 0.400. The van der Waals surface area contributed by atoms with Gasteiger partial charge in [-0.1, -0.05) is 19.9 Å². The summed E-state index contributed by atoms with van der Waals surface area (Å²) in [6, 6.07) is 6.12. The molecule has 0 aliphatic carbocycles. The summed E-state index contributed by atoms with van der Waals surface area (Å²) in [5, 5.41) is 3.21. The molecule has 2 rings (SSSR count). The van der Waals surface area contributed by atoms with Crippen molar-refractivity contribution in [2.45, 2.75) is 34.1 Å². The highest BCUT2D eigenvalue weighted by Gasteiger charge is 2.14. The van der Waals surface area contributed by atoms with Crippen LogP contribution in [-0.4, -0.2) is 9.78 Å². The molecule has 0 bridgehead atoms. The molecule has 0 fully saturated rings. The van der Waals surface area contributed by atoms with Crippen LogP contribution in [0.2, 0.25) is 0 Å². The minimum atomic E-state index is -0.0272. The molecule has 3 nitrogen and oxygen atoms in total. The topological polar surface area (TPSA) is 37.8 Å². The van der Waals surface area contributed by atoms with Gasteiger partial charge < -0.3 is 0 Å². The summed E-state index contributed by atoms with van der Waals surface area (Å²) in [7, 11) is 0. The van der Waals surface area contributed by atoms with Crippen molar-refractivity contribution in [3.63, 3.8) is 0 Å². The molecule has 0 saturated carbocycles. The van der Waals surface area contributed by atoms with Crippen LogP contribution >= 0.6 is 15.9 Å². The summed E-state index contributed by atoms with van der Waals surface area (Å²) in [5.74, 6) is 0.502. The van der Waals surface area contributed by atoms with Gasteiger partial charge in [-0.2, -0.15) is 0 Å². The first-order valence-corrected chi connectivity index (χ1v) is 7.26. The molecule has 1 aromatic carbocycles. The van der Waals surface area contributed by atoms with E-state index in [2.05, 4.69) is 40.9 Å². The van der Waals surface area contributed by atoms with Gasteiger partial charge in [0.05, 0.1) is 11.4 Å². The van der Waals surface area contributed by atoms with Crippen molar-refractivity contribution >= 4 is 15.9 Å². The Bertz CT molecular complexity index is 632. The molecule has 1 aromatic heterocycles. The second kappa shape index (κ2) is 5.37. The van der Waals surface area contributed by atoms with Crippen LogP contribution in [0.3, 0.4) is 0 Å². The predicted octanol–water partition coefficient (Wildman–Crippen LogP) is 3.74. The van der Waals surface area contributed by atoms with Gasteiger partial charge >= 0.3 is 0 Å². The molecule has 19 heavy (non-hydrogen) atoms. The lowest BCUT2D eigenvalue weighted by Gasteiger charge is -2.06. The quantitative estimate of drug-likeness (QED) is 0.918. The number of benzene rings is 1. The fourth-order valence-corrected chi connectivity index (χ4v) is 2.69. The Labute approximate surface area is 121 Å². The van der Waals surface area contributed by atoms with Crippen LogP contribution < -0.4 is 5.56 Å². The summed E-state index contributed by atoms with van der Waals surface area (Å²) >= 11 is 3.40. The molecule has 2 aromatic rings. The Balaban J connectivity index is 2.54. The average molecular weight is 323 g/mol. The van der Waals surface area contributed by atoms with Crippen LogP contribution in [0.15, 0.2) is 27.5 Å². The summed E-state index contributed by atoms with van der Waals surface area (Å²) in [6.07, 6.45) is 0.855. The third kappa shape index (κ3) is 3.00. The number of aromatic amines is 1. The summed E-state index contributed by atoms with van der Waals surface area (Å²) in [5.41, 5.74) is 4.12. The van der Waals surface area contributed by atoms with E-state index in [9.17, 15) is 4.79 Å². The number of halogens is 1. The van der Waals surface area contributed by atoms with Gasteiger partial charge in [0.2, 0.25) is 0 Å². The predicted molar refractivity (Wildman–Crippen MR) is 82.1 cm³/mol. The zero-order chi connectivity index (χ0) is 14.2. The highest BCUT2D eigenvalue weighted by molar-refractivity contribution is 9.10. The van der Waals surface area contributed by atoms with E-state index in [0.717, 1.165) is 28.9 Å². The van der Waals surface area contributed by atoms with Crippen LogP contribution in [0.1, 0.15) is 30.7 Å². The number of aryl methyl sites for hydroxylation is 2. The van der Waals surface area contributed by atoms with E-state index in [1.807, 2.05) is 26.0 Å². The highest BCUT2D eigenvalue weighted by atomic mass is 79.9. The average Bonchev–Trinajstić information content (AvgIpc) is 2.55. The van der Waals surface area contributed by atoms with Crippen LogP contribution in [0.25, 0.3) is 5.69 Å². The van der Waals surface area contributed by atoms with Gasteiger partial charge in [-0.15, -0.1) is 0 Å². The van der Waals surface area contributed by atoms with Crippen molar-refractivity contribution in [3.05, 3.63) is 49.8 Å². The molecule has 0 saturated heterocycles. The molecular weight excluding hydrogens is 304 g/mol. The second-order valence-electron chi connectivity index (χ2n) is 5.49. The van der Waals surface area contributed by atoms with Gasteiger partial charge in [0.15, 0.2) is 0 Å². The zero-order valence-electron chi connectivity index (χ0n) is 11.7. The zero-order valence-corrected chi connectivity index (χ0v) is 13.3. The first-order chi connectivity index (χ1) is 8.88. The normalized spacial score (nSPS) is 11.3. The van der Waals surface area contributed by atoms with Gasteiger partial charge in [-0.3, -0.25) is 9.89 Å². The fourth-order valence-electron chi connectivity index (χ4n) is 2.27. The molecule has 0 radical (unpaired) electrons. The first kappa shape index (κ1) is 14.1. The number of aromatic nitrogens is 2. The van der Waals surface area contributed by atoms with Gasteiger partial charge in [0, 0.05) is 0 Å². The van der Waals surface area contributed by atoms with Gasteiger partial charge in [0.1, 0.15) is 4.47 Å². The van der Waals surface area contributed by atoms with Crippen molar-refractivity contribution in [3.8, 4) is 5.69 Å². The molecular formula is C15H19BrN2O. The smallest absolute Gasteiger partial charge is 0.285 e. The molecule has 1 heterocycles. The third-order valence-electron chi connectivity index (χ3n) is 2.98. The van der Waals surface area contributed by atoms with E-state index < -0.39 is 0 Å². The molecule has 0 aliphatic rings. The van der Waals surface area contributed by atoms with Crippen molar-refractivity contribution in [1.82, 2.24) is 9.78 Å². The number of nitrogens with one attached hydrogen (secondary N) is 1. The largest absolute Gasteiger partial charge is 0.294 e. The maximum atomic E-state index is 12.3. The Morgan fingerprint density at radius 1 is 1.21 bits per heavy atom. The van der Waals surface area contributed by atoms with E-state index in [1.165, 1.54) is 0 Å². The van der Waals surface area contributed by atoms with E-state index in [-0.39, 0.29) is 5.56 Å². The lowest BCUT2D eigenvalue weighted by molar-refractivity contribution is 0.626. The van der Waals surface area contributed by atoms with Gasteiger partial charge in [-0.05, 0) is 65.4 Å². The van der Waals surface area contributed by atoms with E-state index in [0.29, 0.717) is 10.4 Å². The Hall–Kier alpha value is -1.29. The Morgan fingerprint density at radius 2 is 1.79 bits per heavy atom. The summed E-state index contributed by atoms with van der Waals surface area (Å²) in [6.45, 7) is 8.35. The number of hydrogen-bond donors (Lipinski definition) is 1. The van der Waals surface area contributed by atoms with Crippen molar-refractivity contribution in [1.29, 1.82) is 0 Å². The maximum absolute atomic E-state index is 12.3. The van der Waals surface area contributed by atoms with E-state index in [1.54, 1.807) is 4.68 Å². The number of H-pyrrole nitrogens is 1. The van der Waals surface area contributed by atoms with Gasteiger partial charge in [0.25, 0.3) is 5.56 Å². The standard InChI is InChI=1S/C15H19BrN2O/c1-9(2)5-13-14(16)15(19)18(17-13)12-7-10(3)6-11(4)8-12/h6-9,17H,5H2,1-4H3. The van der Waals surface area contributed by atoms with Crippen LogP contribution in [0.5, 0.6) is 0 Å². The molecule has 0 unspecified atom stereocenters. The number of hydrogen-bond acceptors (Lipinski definition) is 1. The van der Waals surface area contributed by atoms with Crippen LogP contribution in [0.4, 0.5) is 0 Å². The molecule has 0 amide bonds. The lowest BCUT2D eigenvalue weighted by atomic mass is 10.1. The lowest BCUT2D eigenvalue weighted by Crippen LogP contribution is -2.14. The summed E-state index contributed by atoms with van der Waals surface area (Å²) < 4.78 is 2.25. The maximum Gasteiger partial charge on any atom is 0.285 e. The minimum Gasteiger partial charge on any atom is -0.294 e. The van der Waals surface area contributed by atoms with Crippen molar-refractivity contribution in [2.75, 3.05) is 0 Å². The molecule has 0 aliphatic heterocycles. The monoisotopic (exact) mass is 322 g/mol. The summed E-state index contributed by atoms with van der Waals surface area (Å²) in [4.78, 5) is 12.3. The Kier molecular flexibility index (Phi) is 3.99. The SMILES string of the molecule is Cc1cc(C)cc(-n2[nH]c(CC(C)C)c(Br)c2=O)c1. The van der Waals surface area contributed by atoms with E-state index >= 15 is 0 Å². The molecule has 102 valence electrons. The molecule has 0 spiro atoms. The second-order valence-corrected chi connectivity index (χ2v) is 6.28. The van der Waals surface area contributed by atoms with E-state index in [4.69, 9.17) is 0 Å². The third-order valence-corrected chi connectivity index (χ3v) is 3.80. The number of rotatable bonds is 3. The minimum absolute atomic E-state index is 0.0272. The Morgan fingerprint density at radius 3 is 2.32 bits per heavy atom. The van der Waals surface area contributed by atoms with Crippen LogP contribution in [0, 0.1) is 19.8 Å². The highest BCUT2D eigenvalue weighted by Crippen LogP contribution is 2.17. The van der Waals surface area contributed by atoms with Gasteiger partial charge in [-0.25, -0.2) is 4.68 Å². The molecule has 4 heteroatoms. The molecule has 1 N–H and O–H groups in total. The van der Waals surface area contributed by atoms with Crippen molar-refractivity contribution in [2.24, 2.45) is 5.92 Å². The van der Waals surface area contributed by atoms with Crippen molar-refractivity contribution < 1.29 is 0 Å².